The SMILES string of the molecule is NC(=S)c1cc2c(nc1NN1CCCCC1)CCC2. The van der Waals surface area contributed by atoms with E-state index in [0.29, 0.717) is 4.99 Å². The number of pyridine rings is 1. The lowest BCUT2D eigenvalue weighted by Crippen LogP contribution is -2.36. The van der Waals surface area contributed by atoms with Crippen LogP contribution in [0.1, 0.15) is 42.5 Å². The molecule has 0 spiro atoms. The predicted molar refractivity (Wildman–Crippen MR) is 81.2 cm³/mol. The first-order chi connectivity index (χ1) is 9.24. The van der Waals surface area contributed by atoms with Crippen LogP contribution in [-0.4, -0.2) is 28.1 Å². The minimum atomic E-state index is 0.432. The van der Waals surface area contributed by atoms with Gasteiger partial charge in [0.05, 0.1) is 5.56 Å². The van der Waals surface area contributed by atoms with Crippen LogP contribution in [0.2, 0.25) is 0 Å². The lowest BCUT2D eigenvalue weighted by atomic mass is 10.1. The molecule has 1 saturated heterocycles. The molecule has 102 valence electrons. The molecule has 0 radical (unpaired) electrons. The monoisotopic (exact) mass is 276 g/mol. The number of fused-ring (bicyclic) bond motifs is 1. The van der Waals surface area contributed by atoms with Crippen LogP contribution in [0.3, 0.4) is 0 Å². The van der Waals surface area contributed by atoms with Gasteiger partial charge in [-0.05, 0) is 43.7 Å². The van der Waals surface area contributed by atoms with E-state index in [9.17, 15) is 0 Å². The summed E-state index contributed by atoms with van der Waals surface area (Å²) in [4.78, 5) is 5.18. The standard InChI is InChI=1S/C14H20N4S/c15-13(19)11-9-10-5-4-6-12(10)16-14(11)17-18-7-2-1-3-8-18/h9H,1-8H2,(H2,15,19)(H,16,17). The van der Waals surface area contributed by atoms with Gasteiger partial charge in [0.15, 0.2) is 5.82 Å². The number of rotatable bonds is 3. The van der Waals surface area contributed by atoms with Gasteiger partial charge in [-0.2, -0.15) is 0 Å². The first-order valence-electron chi connectivity index (χ1n) is 7.08. The number of hydrazine groups is 1. The van der Waals surface area contributed by atoms with Gasteiger partial charge >= 0.3 is 0 Å². The van der Waals surface area contributed by atoms with E-state index >= 15 is 0 Å². The van der Waals surface area contributed by atoms with Gasteiger partial charge in [-0.15, -0.1) is 0 Å². The molecule has 1 aromatic rings. The molecule has 1 aliphatic heterocycles. The molecule has 0 saturated carbocycles. The molecule has 0 aromatic carbocycles. The zero-order chi connectivity index (χ0) is 13.2. The minimum Gasteiger partial charge on any atom is -0.389 e. The Kier molecular flexibility index (Phi) is 3.66. The fourth-order valence-corrected chi connectivity index (χ4v) is 3.06. The summed E-state index contributed by atoms with van der Waals surface area (Å²) in [6, 6.07) is 2.13. The zero-order valence-corrected chi connectivity index (χ0v) is 11.9. The maximum absolute atomic E-state index is 5.85. The molecular formula is C14H20N4S. The Morgan fingerprint density at radius 1 is 1.21 bits per heavy atom. The maximum Gasteiger partial charge on any atom is 0.150 e. The van der Waals surface area contributed by atoms with Crippen LogP contribution in [0.4, 0.5) is 5.82 Å². The summed E-state index contributed by atoms with van der Waals surface area (Å²) in [5.41, 5.74) is 12.7. The van der Waals surface area contributed by atoms with Crippen molar-refractivity contribution in [3.05, 3.63) is 22.9 Å². The van der Waals surface area contributed by atoms with Gasteiger partial charge < -0.3 is 11.2 Å². The molecule has 3 rings (SSSR count). The smallest absolute Gasteiger partial charge is 0.150 e. The molecular weight excluding hydrogens is 256 g/mol. The number of thiocarbonyl (C=S) groups is 1. The van der Waals surface area contributed by atoms with E-state index in [1.807, 2.05) is 0 Å². The molecule has 5 heteroatoms. The van der Waals surface area contributed by atoms with Gasteiger partial charge in [-0.3, -0.25) is 0 Å². The molecule has 1 aromatic heterocycles. The van der Waals surface area contributed by atoms with E-state index in [1.165, 1.54) is 36.9 Å². The fraction of sp³-hybridized carbons (Fsp3) is 0.571. The van der Waals surface area contributed by atoms with E-state index in [2.05, 4.69) is 16.5 Å². The van der Waals surface area contributed by atoms with E-state index in [0.717, 1.165) is 37.3 Å². The third-order valence-corrected chi connectivity index (χ3v) is 4.16. The van der Waals surface area contributed by atoms with Gasteiger partial charge in [0.1, 0.15) is 4.99 Å². The van der Waals surface area contributed by atoms with Gasteiger partial charge in [0, 0.05) is 18.8 Å². The Morgan fingerprint density at radius 3 is 2.74 bits per heavy atom. The van der Waals surface area contributed by atoms with Crippen molar-refractivity contribution in [1.29, 1.82) is 0 Å². The van der Waals surface area contributed by atoms with E-state index < -0.39 is 0 Å². The minimum absolute atomic E-state index is 0.432. The molecule has 1 aliphatic carbocycles. The van der Waals surface area contributed by atoms with Gasteiger partial charge in [0.2, 0.25) is 0 Å². The van der Waals surface area contributed by atoms with Crippen molar-refractivity contribution < 1.29 is 0 Å². The number of aromatic nitrogens is 1. The predicted octanol–water partition coefficient (Wildman–Crippen LogP) is 2.02. The van der Waals surface area contributed by atoms with Crippen LogP contribution < -0.4 is 11.2 Å². The second kappa shape index (κ2) is 5.43. The van der Waals surface area contributed by atoms with Crippen LogP contribution in [-0.2, 0) is 12.8 Å². The van der Waals surface area contributed by atoms with Crippen molar-refractivity contribution in [3.63, 3.8) is 0 Å². The van der Waals surface area contributed by atoms with Crippen LogP contribution in [0.25, 0.3) is 0 Å². The van der Waals surface area contributed by atoms with Crippen molar-refractivity contribution in [1.82, 2.24) is 9.99 Å². The average Bonchev–Trinajstić information content (AvgIpc) is 2.86. The fourth-order valence-electron chi connectivity index (χ4n) is 2.90. The summed E-state index contributed by atoms with van der Waals surface area (Å²) in [7, 11) is 0. The molecule has 0 atom stereocenters. The third kappa shape index (κ3) is 2.72. The van der Waals surface area contributed by atoms with E-state index in [1.54, 1.807) is 0 Å². The Morgan fingerprint density at radius 2 is 2.00 bits per heavy atom. The normalized spacial score (nSPS) is 19.2. The average molecular weight is 276 g/mol. The number of nitrogens with one attached hydrogen (secondary N) is 1. The van der Waals surface area contributed by atoms with Gasteiger partial charge in [0.25, 0.3) is 0 Å². The number of nitrogens with zero attached hydrogens (tertiary/aromatic N) is 2. The topological polar surface area (TPSA) is 54.2 Å². The Balaban J connectivity index is 1.87. The molecule has 0 unspecified atom stereocenters. The van der Waals surface area contributed by atoms with Crippen LogP contribution in [0.5, 0.6) is 0 Å². The molecule has 19 heavy (non-hydrogen) atoms. The second-order valence-corrected chi connectivity index (χ2v) is 5.81. The Bertz CT molecular complexity index is 494. The van der Waals surface area contributed by atoms with Crippen LogP contribution >= 0.6 is 12.2 Å². The number of anilines is 1. The molecule has 4 nitrogen and oxygen atoms in total. The third-order valence-electron chi connectivity index (χ3n) is 3.94. The van der Waals surface area contributed by atoms with Gasteiger partial charge in [-0.25, -0.2) is 9.99 Å². The number of nitrogens with two attached hydrogens (primary N) is 1. The Hall–Kier alpha value is -1.20. The summed E-state index contributed by atoms with van der Waals surface area (Å²) in [6.07, 6.45) is 7.15. The van der Waals surface area contributed by atoms with Crippen molar-refractivity contribution in [3.8, 4) is 0 Å². The molecule has 2 heterocycles. The quantitative estimate of drug-likeness (QED) is 0.827. The molecule has 3 N–H and O–H groups in total. The molecule has 1 fully saturated rings. The van der Waals surface area contributed by atoms with Crippen molar-refractivity contribution in [2.75, 3.05) is 18.5 Å². The highest BCUT2D eigenvalue weighted by Crippen LogP contribution is 2.26. The maximum atomic E-state index is 5.85. The molecule has 0 bridgehead atoms. The summed E-state index contributed by atoms with van der Waals surface area (Å²) < 4.78 is 0. The van der Waals surface area contributed by atoms with Crippen molar-refractivity contribution in [2.24, 2.45) is 5.73 Å². The van der Waals surface area contributed by atoms with Crippen LogP contribution in [0, 0.1) is 0 Å². The highest BCUT2D eigenvalue weighted by Gasteiger charge is 2.19. The van der Waals surface area contributed by atoms with Crippen molar-refractivity contribution in [2.45, 2.75) is 38.5 Å². The highest BCUT2D eigenvalue weighted by molar-refractivity contribution is 7.80. The largest absolute Gasteiger partial charge is 0.389 e. The van der Waals surface area contributed by atoms with Crippen molar-refractivity contribution >= 4 is 23.0 Å². The summed E-state index contributed by atoms with van der Waals surface area (Å²) in [5, 5.41) is 2.23. The first-order valence-corrected chi connectivity index (χ1v) is 7.49. The Labute approximate surface area is 119 Å². The number of hydrogen-bond donors (Lipinski definition) is 2. The summed E-state index contributed by atoms with van der Waals surface area (Å²) >= 11 is 5.17. The zero-order valence-electron chi connectivity index (χ0n) is 11.1. The summed E-state index contributed by atoms with van der Waals surface area (Å²) in [6.45, 7) is 2.13. The second-order valence-electron chi connectivity index (χ2n) is 5.37. The number of aryl methyl sites for hydroxylation is 2. The molecule has 2 aliphatic rings. The number of piperidine rings is 1. The van der Waals surface area contributed by atoms with Crippen LogP contribution in [0.15, 0.2) is 6.07 Å². The highest BCUT2D eigenvalue weighted by atomic mass is 32.1. The lowest BCUT2D eigenvalue weighted by Gasteiger charge is -2.28. The van der Waals surface area contributed by atoms with E-state index in [4.69, 9.17) is 22.9 Å². The summed E-state index contributed by atoms with van der Waals surface area (Å²) in [5.74, 6) is 0.843. The molecule has 0 amide bonds. The lowest BCUT2D eigenvalue weighted by molar-refractivity contribution is 0.272. The first kappa shape index (κ1) is 12.8. The van der Waals surface area contributed by atoms with Gasteiger partial charge in [-0.1, -0.05) is 18.6 Å². The van der Waals surface area contributed by atoms with E-state index in [-0.39, 0.29) is 0 Å². The number of hydrogen-bond acceptors (Lipinski definition) is 4.